The summed E-state index contributed by atoms with van der Waals surface area (Å²) in [5.74, 6) is -1.71. The van der Waals surface area contributed by atoms with Gasteiger partial charge in [-0.05, 0) is 31.1 Å². The number of carbonyl (C=O) groups is 3. The molecule has 0 aliphatic carbocycles. The summed E-state index contributed by atoms with van der Waals surface area (Å²) in [6, 6.07) is 7.10. The van der Waals surface area contributed by atoms with E-state index in [0.717, 1.165) is 11.1 Å². The highest BCUT2D eigenvalue weighted by Gasteiger charge is 2.36. The summed E-state index contributed by atoms with van der Waals surface area (Å²) in [6.45, 7) is 2.82. The zero-order valence-electron chi connectivity index (χ0n) is 13.4. The first kappa shape index (κ1) is 16.7. The van der Waals surface area contributed by atoms with Crippen molar-refractivity contribution in [1.29, 1.82) is 0 Å². The lowest BCUT2D eigenvalue weighted by molar-refractivity contribution is -0.135. The van der Waals surface area contributed by atoms with Crippen LogP contribution in [0.2, 0.25) is 0 Å². The van der Waals surface area contributed by atoms with E-state index in [4.69, 9.17) is 0 Å². The number of ketones is 2. The first-order valence-electron chi connectivity index (χ1n) is 7.27. The van der Waals surface area contributed by atoms with Gasteiger partial charge in [0.1, 0.15) is 17.5 Å². The summed E-state index contributed by atoms with van der Waals surface area (Å²) in [4.78, 5) is 37.1. The Hall–Kier alpha value is -2.69. The maximum Gasteiger partial charge on any atom is 0.331 e. The SMILES string of the molecule is COC(=O)/C=C/N1C=Cc2ccccc2C1C(C(C)=O)C(C)=O. The van der Waals surface area contributed by atoms with Crippen LogP contribution in [0.3, 0.4) is 0 Å². The number of fused-ring (bicyclic) bond motifs is 1. The van der Waals surface area contributed by atoms with Crippen LogP contribution in [0.15, 0.2) is 42.7 Å². The highest BCUT2D eigenvalue weighted by Crippen LogP contribution is 2.37. The molecule has 1 unspecified atom stereocenters. The number of nitrogens with zero attached hydrogens (tertiary/aromatic N) is 1. The topological polar surface area (TPSA) is 63.7 Å². The van der Waals surface area contributed by atoms with Gasteiger partial charge in [0.25, 0.3) is 0 Å². The monoisotopic (exact) mass is 313 g/mol. The van der Waals surface area contributed by atoms with Crippen LogP contribution in [-0.2, 0) is 19.1 Å². The molecule has 1 heterocycles. The van der Waals surface area contributed by atoms with Crippen molar-refractivity contribution in [2.45, 2.75) is 19.9 Å². The van der Waals surface area contributed by atoms with Crippen LogP contribution in [0.25, 0.3) is 6.08 Å². The van der Waals surface area contributed by atoms with Gasteiger partial charge in [-0.15, -0.1) is 0 Å². The molecule has 0 bridgehead atoms. The summed E-state index contributed by atoms with van der Waals surface area (Å²) in [5, 5.41) is 0. The van der Waals surface area contributed by atoms with E-state index in [0.29, 0.717) is 0 Å². The maximum absolute atomic E-state index is 12.0. The van der Waals surface area contributed by atoms with Crippen molar-refractivity contribution < 1.29 is 19.1 Å². The van der Waals surface area contributed by atoms with Crippen molar-refractivity contribution in [2.24, 2.45) is 5.92 Å². The Morgan fingerprint density at radius 2 is 1.83 bits per heavy atom. The highest BCUT2D eigenvalue weighted by molar-refractivity contribution is 6.01. The molecule has 120 valence electrons. The Morgan fingerprint density at radius 3 is 2.43 bits per heavy atom. The summed E-state index contributed by atoms with van der Waals surface area (Å²) in [6.07, 6.45) is 6.43. The molecule has 0 spiro atoms. The second-order valence-corrected chi connectivity index (χ2v) is 5.37. The van der Waals surface area contributed by atoms with Crippen molar-refractivity contribution in [3.8, 4) is 0 Å². The first-order chi connectivity index (χ1) is 11.0. The molecule has 5 heteroatoms. The van der Waals surface area contributed by atoms with Crippen LogP contribution in [0.1, 0.15) is 31.0 Å². The zero-order chi connectivity index (χ0) is 17.0. The van der Waals surface area contributed by atoms with E-state index in [1.807, 2.05) is 30.3 Å². The molecular weight excluding hydrogens is 294 g/mol. The Kier molecular flexibility index (Phi) is 5.11. The molecule has 0 amide bonds. The predicted molar refractivity (Wildman–Crippen MR) is 86.1 cm³/mol. The average molecular weight is 313 g/mol. The van der Waals surface area contributed by atoms with E-state index >= 15 is 0 Å². The van der Waals surface area contributed by atoms with Gasteiger partial charge in [0, 0.05) is 18.5 Å². The number of Topliss-reactive ketones (excluding diaryl/α,β-unsaturated/α-hetero) is 2. The number of esters is 1. The lowest BCUT2D eigenvalue weighted by Crippen LogP contribution is -2.36. The van der Waals surface area contributed by atoms with Crippen LogP contribution >= 0.6 is 0 Å². The van der Waals surface area contributed by atoms with E-state index in [9.17, 15) is 14.4 Å². The molecule has 23 heavy (non-hydrogen) atoms. The second-order valence-electron chi connectivity index (χ2n) is 5.37. The minimum absolute atomic E-state index is 0.205. The number of hydrogen-bond donors (Lipinski definition) is 0. The van der Waals surface area contributed by atoms with Crippen molar-refractivity contribution in [1.82, 2.24) is 4.90 Å². The van der Waals surface area contributed by atoms with Crippen LogP contribution < -0.4 is 0 Å². The van der Waals surface area contributed by atoms with E-state index in [2.05, 4.69) is 4.74 Å². The average Bonchev–Trinajstić information content (AvgIpc) is 2.53. The van der Waals surface area contributed by atoms with Crippen LogP contribution in [0.4, 0.5) is 0 Å². The number of carbonyl (C=O) groups excluding carboxylic acids is 3. The molecule has 0 saturated heterocycles. The number of ether oxygens (including phenoxy) is 1. The standard InChI is InChI=1S/C18H19NO4/c1-12(20)17(13(2)21)18-15-7-5-4-6-14(15)8-10-19(18)11-9-16(22)23-3/h4-11,17-18H,1-3H3/b11-9+. The third kappa shape index (κ3) is 3.56. The Labute approximate surface area is 135 Å². The molecule has 1 aliphatic heterocycles. The summed E-state index contributed by atoms with van der Waals surface area (Å²) in [7, 11) is 1.29. The van der Waals surface area contributed by atoms with Crippen LogP contribution in [0, 0.1) is 5.92 Å². The number of benzene rings is 1. The van der Waals surface area contributed by atoms with Crippen molar-refractivity contribution in [3.63, 3.8) is 0 Å². The molecule has 0 fully saturated rings. The van der Waals surface area contributed by atoms with E-state index in [-0.39, 0.29) is 11.6 Å². The van der Waals surface area contributed by atoms with Gasteiger partial charge in [-0.2, -0.15) is 0 Å². The van der Waals surface area contributed by atoms with Gasteiger partial charge in [-0.25, -0.2) is 4.79 Å². The van der Waals surface area contributed by atoms with Gasteiger partial charge in [-0.1, -0.05) is 24.3 Å². The van der Waals surface area contributed by atoms with Crippen molar-refractivity contribution >= 4 is 23.6 Å². The minimum atomic E-state index is -0.802. The van der Waals surface area contributed by atoms with Gasteiger partial charge in [0.2, 0.25) is 0 Å². The normalized spacial score (nSPS) is 16.5. The fraction of sp³-hybridized carbons (Fsp3) is 0.278. The molecule has 5 nitrogen and oxygen atoms in total. The molecule has 2 rings (SSSR count). The zero-order valence-corrected chi connectivity index (χ0v) is 13.4. The van der Waals surface area contributed by atoms with Crippen molar-refractivity contribution in [3.05, 3.63) is 53.9 Å². The quantitative estimate of drug-likeness (QED) is 0.475. The van der Waals surface area contributed by atoms with E-state index in [1.54, 1.807) is 11.1 Å². The Balaban J connectivity index is 2.50. The van der Waals surface area contributed by atoms with Crippen LogP contribution in [-0.4, -0.2) is 29.5 Å². The number of methoxy groups -OCH3 is 1. The molecule has 0 N–H and O–H groups in total. The molecule has 0 saturated carbocycles. The molecule has 0 radical (unpaired) electrons. The molecule has 1 atom stereocenters. The second kappa shape index (κ2) is 7.05. The minimum Gasteiger partial charge on any atom is -0.466 e. The molecule has 1 aromatic rings. The van der Waals surface area contributed by atoms with Gasteiger partial charge >= 0.3 is 5.97 Å². The van der Waals surface area contributed by atoms with E-state index < -0.39 is 17.9 Å². The summed E-state index contributed by atoms with van der Waals surface area (Å²) < 4.78 is 4.59. The molecular formula is C18H19NO4. The van der Waals surface area contributed by atoms with Crippen molar-refractivity contribution in [2.75, 3.05) is 7.11 Å². The number of rotatable bonds is 5. The smallest absolute Gasteiger partial charge is 0.331 e. The van der Waals surface area contributed by atoms with Gasteiger partial charge in [-0.3, -0.25) is 9.59 Å². The van der Waals surface area contributed by atoms with Gasteiger partial charge < -0.3 is 9.64 Å². The largest absolute Gasteiger partial charge is 0.466 e. The molecule has 1 aromatic carbocycles. The Morgan fingerprint density at radius 1 is 1.17 bits per heavy atom. The third-order valence-corrected chi connectivity index (χ3v) is 3.84. The predicted octanol–water partition coefficient (Wildman–Crippen LogP) is 2.49. The molecule has 0 aromatic heterocycles. The third-order valence-electron chi connectivity index (χ3n) is 3.84. The molecule has 1 aliphatic rings. The Bertz CT molecular complexity index is 676. The maximum atomic E-state index is 12.0. The van der Waals surface area contributed by atoms with E-state index in [1.165, 1.54) is 33.2 Å². The first-order valence-corrected chi connectivity index (χ1v) is 7.27. The fourth-order valence-electron chi connectivity index (χ4n) is 2.79. The fourth-order valence-corrected chi connectivity index (χ4v) is 2.79. The highest BCUT2D eigenvalue weighted by atomic mass is 16.5. The number of hydrogen-bond acceptors (Lipinski definition) is 5. The van der Waals surface area contributed by atoms with Gasteiger partial charge in [0.05, 0.1) is 13.2 Å². The lowest BCUT2D eigenvalue weighted by Gasteiger charge is -2.36. The summed E-state index contributed by atoms with van der Waals surface area (Å²) in [5.41, 5.74) is 1.83. The lowest BCUT2D eigenvalue weighted by atomic mass is 9.83. The summed E-state index contributed by atoms with van der Waals surface area (Å²) >= 11 is 0. The van der Waals surface area contributed by atoms with Gasteiger partial charge in [0.15, 0.2) is 0 Å². The van der Waals surface area contributed by atoms with Crippen LogP contribution in [0.5, 0.6) is 0 Å².